The number of rotatable bonds is 5. The lowest BCUT2D eigenvalue weighted by atomic mass is 10.1. The Balaban J connectivity index is 0.00000259. The van der Waals surface area contributed by atoms with Gasteiger partial charge in [0.1, 0.15) is 11.9 Å². The van der Waals surface area contributed by atoms with E-state index in [9.17, 15) is 17.6 Å². The molecule has 1 N–H and O–H groups in total. The van der Waals surface area contributed by atoms with Crippen molar-refractivity contribution in [2.24, 2.45) is 0 Å². The quantitative estimate of drug-likeness (QED) is 0.576. The molecule has 0 radical (unpaired) electrons. The predicted octanol–water partition coefficient (Wildman–Crippen LogP) is 4.15. The highest BCUT2D eigenvalue weighted by Crippen LogP contribution is 2.37. The molecule has 2 aliphatic rings. The fraction of sp³-hybridized carbons (Fsp3) is 0.238. The van der Waals surface area contributed by atoms with E-state index in [0.29, 0.717) is 42.9 Å². The van der Waals surface area contributed by atoms with Crippen molar-refractivity contribution in [1.82, 2.24) is 4.98 Å². The van der Waals surface area contributed by atoms with Crippen LogP contribution >= 0.6 is 22.9 Å². The summed E-state index contributed by atoms with van der Waals surface area (Å²) in [5, 5.41) is 2.05. The number of hydrogen-bond donors (Lipinski definition) is 1. The summed E-state index contributed by atoms with van der Waals surface area (Å²) in [7, 11) is -3.76. The lowest BCUT2D eigenvalue weighted by Gasteiger charge is -2.26. The van der Waals surface area contributed by atoms with Crippen LogP contribution in [0.25, 0.3) is 0 Å². The maximum absolute atomic E-state index is 14.3. The summed E-state index contributed by atoms with van der Waals surface area (Å²) in [4.78, 5) is 20.8. The van der Waals surface area contributed by atoms with E-state index in [4.69, 9.17) is 11.6 Å². The number of carbonyl (C=O) groups is 1. The maximum atomic E-state index is 14.3. The summed E-state index contributed by atoms with van der Waals surface area (Å²) in [6.45, 7) is 1.05. The smallest absolute Gasteiger partial charge is 0.263 e. The second kappa shape index (κ2) is 8.02. The molecule has 1 atom stereocenters. The number of nitrogens with zero attached hydrogens (tertiary/aromatic N) is 3. The number of nitrogens with one attached hydrogen (secondary N) is 1. The molecule has 0 unspecified atom stereocenters. The van der Waals surface area contributed by atoms with E-state index in [2.05, 4.69) is 9.71 Å². The Morgan fingerprint density at radius 1 is 1.19 bits per heavy atom. The number of benzene rings is 2. The molecule has 0 saturated carbocycles. The van der Waals surface area contributed by atoms with Gasteiger partial charge in [-0.15, -0.1) is 11.3 Å². The maximum Gasteiger partial charge on any atom is 0.263 e. The van der Waals surface area contributed by atoms with Crippen LogP contribution in [0.1, 0.15) is 13.4 Å². The van der Waals surface area contributed by atoms with Crippen molar-refractivity contribution >= 4 is 55.4 Å². The van der Waals surface area contributed by atoms with E-state index in [1.165, 1.54) is 35.7 Å². The van der Waals surface area contributed by atoms with E-state index in [1.807, 2.05) is 4.90 Å². The first-order valence-electron chi connectivity index (χ1n) is 9.92. The SMILES string of the molecule is O=C1[C@@H](N2CCc3c2ccc(Cl)c3F)CCN1c1ccc(S(=O)(=O)Nc2nccs2)cc1.[HH]. The van der Waals surface area contributed by atoms with Crippen molar-refractivity contribution in [3.8, 4) is 0 Å². The number of anilines is 3. The van der Waals surface area contributed by atoms with Crippen molar-refractivity contribution in [3.05, 3.63) is 64.4 Å². The molecule has 2 aromatic carbocycles. The average molecular weight is 495 g/mol. The topological polar surface area (TPSA) is 82.6 Å². The highest BCUT2D eigenvalue weighted by atomic mass is 35.5. The van der Waals surface area contributed by atoms with Gasteiger partial charge >= 0.3 is 0 Å². The molecular weight excluding hydrogens is 475 g/mol. The van der Waals surface area contributed by atoms with Crippen LogP contribution in [-0.2, 0) is 21.2 Å². The van der Waals surface area contributed by atoms with Gasteiger partial charge in [-0.3, -0.25) is 9.52 Å². The zero-order valence-corrected chi connectivity index (χ0v) is 19.1. The molecule has 1 saturated heterocycles. The lowest BCUT2D eigenvalue weighted by molar-refractivity contribution is -0.118. The number of fused-ring (bicyclic) bond motifs is 1. The fourth-order valence-corrected chi connectivity index (χ4v) is 6.19. The number of aromatic nitrogens is 1. The molecule has 0 aliphatic carbocycles. The standard InChI is InChI=1S/C21H18ClFN4O3S2.H2/c22-16-5-6-17-15(19(16)23)7-10-27(17)18-8-11-26(20(18)28)13-1-3-14(4-2-13)32(29,30)25-21-24-9-12-31-21;/h1-6,9,12,18H,7-8,10-11H2,(H,24,25);1H/t18-;/m0./s1. The van der Waals surface area contributed by atoms with E-state index in [-0.39, 0.29) is 22.4 Å². The molecule has 32 heavy (non-hydrogen) atoms. The average Bonchev–Trinajstić information content (AvgIpc) is 3.51. The minimum atomic E-state index is -3.76. The summed E-state index contributed by atoms with van der Waals surface area (Å²) in [5.41, 5.74) is 1.88. The van der Waals surface area contributed by atoms with E-state index < -0.39 is 21.9 Å². The minimum absolute atomic E-state index is 0. The van der Waals surface area contributed by atoms with Gasteiger partial charge in [0.2, 0.25) is 5.91 Å². The Labute approximate surface area is 195 Å². The largest absolute Gasteiger partial charge is 0.359 e. The van der Waals surface area contributed by atoms with Crippen molar-refractivity contribution in [1.29, 1.82) is 0 Å². The first-order chi connectivity index (χ1) is 15.3. The first kappa shape index (κ1) is 21.2. The van der Waals surface area contributed by atoms with Crippen LogP contribution in [0.3, 0.4) is 0 Å². The van der Waals surface area contributed by atoms with Gasteiger partial charge in [0.05, 0.1) is 9.92 Å². The zero-order chi connectivity index (χ0) is 22.5. The van der Waals surface area contributed by atoms with Crippen LogP contribution in [0.2, 0.25) is 5.02 Å². The molecule has 1 aromatic heterocycles. The zero-order valence-electron chi connectivity index (χ0n) is 16.7. The molecule has 7 nitrogen and oxygen atoms in total. The third kappa shape index (κ3) is 3.62. The Morgan fingerprint density at radius 3 is 2.69 bits per heavy atom. The molecular formula is C21H20ClFN4O3S2. The highest BCUT2D eigenvalue weighted by molar-refractivity contribution is 7.93. The Bertz CT molecular complexity index is 1290. The summed E-state index contributed by atoms with van der Waals surface area (Å²) in [5.74, 6) is -0.512. The van der Waals surface area contributed by atoms with Gasteiger partial charge in [0.15, 0.2) is 5.13 Å². The van der Waals surface area contributed by atoms with Crippen LogP contribution in [-0.4, -0.2) is 38.4 Å². The van der Waals surface area contributed by atoms with Crippen molar-refractivity contribution in [2.45, 2.75) is 23.8 Å². The van der Waals surface area contributed by atoms with Gasteiger partial charge in [0, 0.05) is 43.0 Å². The third-order valence-electron chi connectivity index (χ3n) is 5.75. The van der Waals surface area contributed by atoms with Crippen LogP contribution in [0.4, 0.5) is 20.9 Å². The van der Waals surface area contributed by atoms with Gasteiger partial charge in [-0.25, -0.2) is 17.8 Å². The van der Waals surface area contributed by atoms with Crippen LogP contribution < -0.4 is 14.5 Å². The van der Waals surface area contributed by atoms with E-state index >= 15 is 0 Å². The summed E-state index contributed by atoms with van der Waals surface area (Å²) >= 11 is 7.08. The van der Waals surface area contributed by atoms with Gasteiger partial charge in [-0.2, -0.15) is 0 Å². The second-order valence-corrected chi connectivity index (χ2v) is 10.5. The number of hydrogen-bond acceptors (Lipinski definition) is 6. The minimum Gasteiger partial charge on any atom is -0.359 e. The van der Waals surface area contributed by atoms with Gasteiger partial charge in [-0.05, 0) is 49.2 Å². The van der Waals surface area contributed by atoms with Gasteiger partial charge < -0.3 is 9.80 Å². The molecule has 11 heteroatoms. The molecule has 1 amide bonds. The monoisotopic (exact) mass is 494 g/mol. The molecule has 0 spiro atoms. The van der Waals surface area contributed by atoms with E-state index in [0.717, 1.165) is 0 Å². The molecule has 1 fully saturated rings. The molecule has 2 aliphatic heterocycles. The molecule has 0 bridgehead atoms. The normalized spacial score (nSPS) is 18.3. The molecule has 168 valence electrons. The van der Waals surface area contributed by atoms with Crippen LogP contribution in [0.15, 0.2) is 52.9 Å². The van der Waals surface area contributed by atoms with Crippen molar-refractivity contribution < 1.29 is 19.0 Å². The van der Waals surface area contributed by atoms with E-state index in [1.54, 1.807) is 28.5 Å². The van der Waals surface area contributed by atoms with Gasteiger partial charge in [-0.1, -0.05) is 11.6 Å². The Hall–Kier alpha value is -2.69. The highest BCUT2D eigenvalue weighted by Gasteiger charge is 2.40. The summed E-state index contributed by atoms with van der Waals surface area (Å²) < 4.78 is 41.8. The molecule has 3 heterocycles. The molecule has 5 rings (SSSR count). The lowest BCUT2D eigenvalue weighted by Crippen LogP contribution is -2.41. The van der Waals surface area contributed by atoms with Crippen LogP contribution in [0, 0.1) is 5.82 Å². The third-order valence-corrected chi connectivity index (χ3v) is 8.21. The van der Waals surface area contributed by atoms with Crippen LogP contribution in [0.5, 0.6) is 0 Å². The number of halogens is 2. The first-order valence-corrected chi connectivity index (χ1v) is 12.7. The predicted molar refractivity (Wildman–Crippen MR) is 125 cm³/mol. The van der Waals surface area contributed by atoms with Gasteiger partial charge in [0.25, 0.3) is 10.0 Å². The summed E-state index contributed by atoms with van der Waals surface area (Å²) in [6, 6.07) is 9.06. The fourth-order valence-electron chi connectivity index (χ4n) is 4.23. The summed E-state index contributed by atoms with van der Waals surface area (Å²) in [6.07, 6.45) is 2.61. The number of thiazole rings is 1. The second-order valence-electron chi connectivity index (χ2n) is 7.53. The number of carbonyl (C=O) groups excluding carboxylic acids is 1. The Morgan fingerprint density at radius 2 is 1.97 bits per heavy atom. The number of sulfonamides is 1. The Kier molecular flexibility index (Phi) is 5.31. The molecule has 3 aromatic rings. The van der Waals surface area contributed by atoms with Crippen molar-refractivity contribution in [3.63, 3.8) is 0 Å². The van der Waals surface area contributed by atoms with Crippen molar-refractivity contribution in [2.75, 3.05) is 27.6 Å². The number of amides is 1.